The van der Waals surface area contributed by atoms with Gasteiger partial charge in [-0.15, -0.1) is 0 Å². The molecule has 0 saturated carbocycles. The number of rotatable bonds is 15. The number of pyridine rings is 1. The van der Waals surface area contributed by atoms with E-state index in [0.29, 0.717) is 56.3 Å². The maximum atomic E-state index is 13.8. The van der Waals surface area contributed by atoms with E-state index < -0.39 is 11.6 Å². The Kier molecular flexibility index (Phi) is 10.8. The zero-order valence-electron chi connectivity index (χ0n) is 26.6. The summed E-state index contributed by atoms with van der Waals surface area (Å²) in [6.07, 6.45) is 0.585. The molecule has 0 aliphatic heterocycles. The predicted molar refractivity (Wildman–Crippen MR) is 171 cm³/mol. The number of fused-ring (bicyclic) bond motifs is 3. The van der Waals surface area contributed by atoms with Gasteiger partial charge in [-0.05, 0) is 50.7 Å². The lowest BCUT2D eigenvalue weighted by molar-refractivity contribution is -0.156. The fourth-order valence-corrected chi connectivity index (χ4v) is 5.29. The highest BCUT2D eigenvalue weighted by Gasteiger charge is 2.31. The number of methoxy groups -OCH3 is 2. The number of nitrogen functional groups attached to an aromatic ring is 1. The minimum atomic E-state index is -1.16. The summed E-state index contributed by atoms with van der Waals surface area (Å²) in [5.74, 6) is 1.26. The summed E-state index contributed by atoms with van der Waals surface area (Å²) in [6.45, 7) is 11.1. The third-order valence-electron chi connectivity index (χ3n) is 7.74. The topological polar surface area (TPSA) is 125 Å². The normalized spacial score (nSPS) is 11.8. The molecule has 0 spiro atoms. The van der Waals surface area contributed by atoms with Crippen LogP contribution in [0.25, 0.3) is 21.9 Å². The zero-order chi connectivity index (χ0) is 31.9. The highest BCUT2D eigenvalue weighted by molar-refractivity contribution is 6.06. The van der Waals surface area contributed by atoms with E-state index in [-0.39, 0.29) is 5.91 Å². The summed E-state index contributed by atoms with van der Waals surface area (Å²) in [5.41, 5.74) is 8.44. The van der Waals surface area contributed by atoms with Crippen molar-refractivity contribution in [1.82, 2.24) is 24.3 Å². The number of carbonyl (C=O) groups is 2. The van der Waals surface area contributed by atoms with E-state index in [2.05, 4.69) is 14.5 Å². The first-order valence-electron chi connectivity index (χ1n) is 15.0. The van der Waals surface area contributed by atoms with Crippen molar-refractivity contribution in [1.29, 1.82) is 0 Å². The molecule has 4 rings (SSSR count). The predicted octanol–water partition coefficient (Wildman–Crippen LogP) is 4.06. The van der Waals surface area contributed by atoms with Crippen molar-refractivity contribution in [2.24, 2.45) is 0 Å². The average molecular weight is 605 g/mol. The number of nitrogens with two attached hydrogens (primary N) is 1. The van der Waals surface area contributed by atoms with E-state index >= 15 is 0 Å². The molecule has 0 aliphatic rings. The molecule has 11 heteroatoms. The SMILES string of the molecule is CCN(CC)CC(=O)N(CCn1c(CCOC)nc2c(N)nc3ccccc3c21)Cc1cccc(OC(C)(C)C(=O)OC)c1. The van der Waals surface area contributed by atoms with E-state index in [1.54, 1.807) is 27.0 Å². The molecule has 0 aliphatic carbocycles. The Morgan fingerprint density at radius 1 is 1.02 bits per heavy atom. The Balaban J connectivity index is 1.68. The van der Waals surface area contributed by atoms with Gasteiger partial charge in [-0.2, -0.15) is 0 Å². The number of nitrogens with zero attached hydrogens (tertiary/aromatic N) is 5. The quantitative estimate of drug-likeness (QED) is 0.200. The summed E-state index contributed by atoms with van der Waals surface area (Å²) >= 11 is 0. The van der Waals surface area contributed by atoms with E-state index in [1.807, 2.05) is 61.2 Å². The van der Waals surface area contributed by atoms with Gasteiger partial charge in [0.2, 0.25) is 5.91 Å². The largest absolute Gasteiger partial charge is 0.476 e. The minimum absolute atomic E-state index is 0.0174. The number of imidazole rings is 1. The van der Waals surface area contributed by atoms with Crippen molar-refractivity contribution in [3.63, 3.8) is 0 Å². The highest BCUT2D eigenvalue weighted by Crippen LogP contribution is 2.29. The van der Waals surface area contributed by atoms with Crippen LogP contribution in [0.15, 0.2) is 48.5 Å². The lowest BCUT2D eigenvalue weighted by Crippen LogP contribution is -2.41. The average Bonchev–Trinajstić information content (AvgIpc) is 3.39. The Hall–Kier alpha value is -4.22. The maximum Gasteiger partial charge on any atom is 0.349 e. The summed E-state index contributed by atoms with van der Waals surface area (Å²) in [6, 6.07) is 15.3. The van der Waals surface area contributed by atoms with Crippen molar-refractivity contribution >= 4 is 39.6 Å². The number of carbonyl (C=O) groups excluding carboxylic acids is 2. The summed E-state index contributed by atoms with van der Waals surface area (Å²) in [4.78, 5) is 39.4. The van der Waals surface area contributed by atoms with Crippen LogP contribution in [-0.4, -0.2) is 88.8 Å². The molecule has 4 aromatic rings. The number of aromatic nitrogens is 3. The first-order valence-corrected chi connectivity index (χ1v) is 15.0. The van der Waals surface area contributed by atoms with Gasteiger partial charge in [0.05, 0.1) is 31.3 Å². The molecule has 2 N–H and O–H groups in total. The second-order valence-corrected chi connectivity index (χ2v) is 11.2. The molecule has 0 radical (unpaired) electrons. The van der Waals surface area contributed by atoms with Crippen LogP contribution in [0.5, 0.6) is 5.75 Å². The van der Waals surface area contributed by atoms with Gasteiger partial charge in [0.1, 0.15) is 17.1 Å². The fourth-order valence-electron chi connectivity index (χ4n) is 5.29. The second kappa shape index (κ2) is 14.5. The number of para-hydroxylation sites is 1. The number of likely N-dealkylation sites (N-methyl/N-ethyl adjacent to an activating group) is 1. The number of anilines is 1. The van der Waals surface area contributed by atoms with Gasteiger partial charge >= 0.3 is 5.97 Å². The van der Waals surface area contributed by atoms with Crippen molar-refractivity contribution < 1.29 is 23.8 Å². The molecule has 44 heavy (non-hydrogen) atoms. The molecule has 11 nitrogen and oxygen atoms in total. The number of amides is 1. The van der Waals surface area contributed by atoms with Gasteiger partial charge in [0.15, 0.2) is 11.4 Å². The van der Waals surface area contributed by atoms with Gasteiger partial charge < -0.3 is 29.4 Å². The second-order valence-electron chi connectivity index (χ2n) is 11.2. The Bertz CT molecular complexity index is 1600. The summed E-state index contributed by atoms with van der Waals surface area (Å²) in [5, 5.41) is 0.951. The van der Waals surface area contributed by atoms with Crippen LogP contribution in [0.3, 0.4) is 0 Å². The van der Waals surface area contributed by atoms with Crippen molar-refractivity contribution in [3.8, 4) is 5.75 Å². The monoisotopic (exact) mass is 604 g/mol. The van der Waals surface area contributed by atoms with E-state index in [1.165, 1.54) is 7.11 Å². The van der Waals surface area contributed by atoms with Crippen LogP contribution in [0.2, 0.25) is 0 Å². The number of benzene rings is 2. The van der Waals surface area contributed by atoms with Gasteiger partial charge in [0, 0.05) is 38.6 Å². The molecule has 236 valence electrons. The first-order chi connectivity index (χ1) is 21.1. The van der Waals surface area contributed by atoms with Gasteiger partial charge in [-0.25, -0.2) is 14.8 Å². The molecule has 0 atom stereocenters. The Morgan fingerprint density at radius 3 is 2.48 bits per heavy atom. The third kappa shape index (κ3) is 7.46. The van der Waals surface area contributed by atoms with Gasteiger partial charge in [-0.3, -0.25) is 9.69 Å². The first kappa shape index (κ1) is 32.7. The lowest BCUT2D eigenvalue weighted by atomic mass is 10.1. The Morgan fingerprint density at radius 2 is 1.77 bits per heavy atom. The molecule has 0 saturated heterocycles. The highest BCUT2D eigenvalue weighted by atomic mass is 16.6. The molecule has 2 heterocycles. The number of ether oxygens (including phenoxy) is 3. The zero-order valence-corrected chi connectivity index (χ0v) is 26.6. The van der Waals surface area contributed by atoms with Crippen molar-refractivity contribution in [3.05, 3.63) is 59.9 Å². The van der Waals surface area contributed by atoms with Gasteiger partial charge in [-0.1, -0.05) is 44.2 Å². The molecule has 0 fully saturated rings. The smallest absolute Gasteiger partial charge is 0.349 e. The molecular formula is C33H44N6O5. The van der Waals surface area contributed by atoms with Crippen molar-refractivity contribution in [2.75, 3.05) is 52.7 Å². The fraction of sp³-hybridized carbons (Fsp3) is 0.455. The standard InChI is InChI=1S/C33H44N6O5/c1-7-37(8-2)22-28(40)38(21-23-12-11-13-24(20-23)44-33(3,4)32(41)43-6)17-18-39-27(16-19-42-5)36-29-30(39)25-14-9-10-15-26(25)35-31(29)34/h9-15,20H,7-8,16-19,21-22H2,1-6H3,(H2,34,35). The Labute approximate surface area is 258 Å². The summed E-state index contributed by atoms with van der Waals surface area (Å²) < 4.78 is 18.4. The van der Waals surface area contributed by atoms with Crippen LogP contribution >= 0.6 is 0 Å². The molecule has 2 aromatic heterocycles. The van der Waals surface area contributed by atoms with Gasteiger partial charge in [0.25, 0.3) is 0 Å². The molecule has 2 aromatic carbocycles. The summed E-state index contributed by atoms with van der Waals surface area (Å²) in [7, 11) is 3.00. The van der Waals surface area contributed by atoms with E-state index in [4.69, 9.17) is 24.9 Å². The number of esters is 1. The van der Waals surface area contributed by atoms with Crippen LogP contribution in [0, 0.1) is 0 Å². The third-order valence-corrected chi connectivity index (χ3v) is 7.74. The minimum Gasteiger partial charge on any atom is -0.476 e. The van der Waals surface area contributed by atoms with Crippen LogP contribution in [0.4, 0.5) is 5.82 Å². The van der Waals surface area contributed by atoms with Crippen LogP contribution in [0.1, 0.15) is 39.1 Å². The van der Waals surface area contributed by atoms with E-state index in [9.17, 15) is 9.59 Å². The lowest BCUT2D eigenvalue weighted by Gasteiger charge is -2.28. The van der Waals surface area contributed by atoms with Crippen LogP contribution in [-0.2, 0) is 38.6 Å². The number of hydrogen-bond donors (Lipinski definition) is 1. The molecular weight excluding hydrogens is 560 g/mol. The molecule has 1 amide bonds. The van der Waals surface area contributed by atoms with Crippen LogP contribution < -0.4 is 10.5 Å². The van der Waals surface area contributed by atoms with E-state index in [0.717, 1.165) is 40.9 Å². The maximum absolute atomic E-state index is 13.8. The number of hydrogen-bond acceptors (Lipinski definition) is 9. The molecule has 0 bridgehead atoms. The van der Waals surface area contributed by atoms with Crippen molar-refractivity contribution in [2.45, 2.75) is 52.8 Å². The molecule has 0 unspecified atom stereocenters.